The quantitative estimate of drug-likeness (QED) is 0.290. The normalized spacial score (nSPS) is 18.4. The molecule has 2 aliphatic heterocycles. The van der Waals surface area contributed by atoms with Crippen LogP contribution in [0.25, 0.3) is 0 Å². The Morgan fingerprint density at radius 2 is 2.19 bits per heavy atom. The maximum atomic E-state index is 11.4. The van der Waals surface area contributed by atoms with Crippen molar-refractivity contribution in [2.45, 2.75) is 40.0 Å². The van der Waals surface area contributed by atoms with Crippen molar-refractivity contribution in [3.8, 4) is 5.75 Å². The Morgan fingerprint density at radius 1 is 1.37 bits per heavy atom. The molecule has 2 aliphatic rings. The maximum Gasteiger partial charge on any atom is 0.224 e. The van der Waals surface area contributed by atoms with Gasteiger partial charge in [0.15, 0.2) is 5.96 Å². The zero-order chi connectivity index (χ0) is 18.6. The molecule has 0 bridgehead atoms. The van der Waals surface area contributed by atoms with Crippen LogP contribution in [0.1, 0.15) is 39.2 Å². The van der Waals surface area contributed by atoms with Crippen LogP contribution >= 0.6 is 24.0 Å². The van der Waals surface area contributed by atoms with Crippen LogP contribution in [0.5, 0.6) is 5.75 Å². The van der Waals surface area contributed by atoms with E-state index in [0.717, 1.165) is 49.0 Å². The van der Waals surface area contributed by atoms with Crippen LogP contribution in [0.15, 0.2) is 23.2 Å². The Labute approximate surface area is 179 Å². The van der Waals surface area contributed by atoms with Crippen molar-refractivity contribution in [3.05, 3.63) is 23.8 Å². The highest BCUT2D eigenvalue weighted by Crippen LogP contribution is 2.29. The molecule has 27 heavy (non-hydrogen) atoms. The van der Waals surface area contributed by atoms with E-state index < -0.39 is 0 Å². The van der Waals surface area contributed by atoms with Gasteiger partial charge in [0.2, 0.25) is 5.91 Å². The van der Waals surface area contributed by atoms with Crippen molar-refractivity contribution in [1.82, 2.24) is 10.2 Å². The Morgan fingerprint density at radius 3 is 2.89 bits per heavy atom. The number of nitrogens with one attached hydrogen (secondary N) is 2. The number of carbonyl (C=O) groups is 1. The van der Waals surface area contributed by atoms with Gasteiger partial charge < -0.3 is 20.3 Å². The molecular weight excluding hydrogens is 455 g/mol. The number of amides is 1. The third-order valence-corrected chi connectivity index (χ3v) is 4.91. The fourth-order valence-electron chi connectivity index (χ4n) is 3.48. The standard InChI is InChI=1S/C20H30N4O2.HI/c1-4-21-19(24-11-9-20(2,3)14-24)22-10-12-26-16-6-7-17-15(13-16)5-8-18(25)23-17;/h6-7,13H,4-5,8-12,14H2,1-3H3,(H,21,22)(H,23,25);1H. The Kier molecular flexibility index (Phi) is 7.76. The number of nitrogens with zero attached hydrogens (tertiary/aromatic N) is 2. The van der Waals surface area contributed by atoms with Crippen molar-refractivity contribution in [2.75, 3.05) is 38.1 Å². The molecule has 2 heterocycles. The first kappa shape index (κ1) is 21.8. The molecule has 0 saturated carbocycles. The predicted molar refractivity (Wildman–Crippen MR) is 120 cm³/mol. The number of guanidine groups is 1. The summed E-state index contributed by atoms with van der Waals surface area (Å²) in [7, 11) is 0. The van der Waals surface area contributed by atoms with E-state index in [9.17, 15) is 4.79 Å². The number of aliphatic imine (C=N–C) groups is 1. The summed E-state index contributed by atoms with van der Waals surface area (Å²) in [5, 5.41) is 6.28. The summed E-state index contributed by atoms with van der Waals surface area (Å²) in [5.41, 5.74) is 2.39. The summed E-state index contributed by atoms with van der Waals surface area (Å²) in [4.78, 5) is 18.5. The minimum atomic E-state index is 0. The van der Waals surface area contributed by atoms with Crippen LogP contribution in [0.4, 0.5) is 5.69 Å². The van der Waals surface area contributed by atoms with E-state index in [1.54, 1.807) is 0 Å². The van der Waals surface area contributed by atoms with E-state index in [0.29, 0.717) is 25.0 Å². The number of carbonyl (C=O) groups excluding carboxylic acids is 1. The number of rotatable bonds is 5. The van der Waals surface area contributed by atoms with Gasteiger partial charge in [-0.25, -0.2) is 4.99 Å². The van der Waals surface area contributed by atoms with Gasteiger partial charge >= 0.3 is 0 Å². The minimum Gasteiger partial charge on any atom is -0.492 e. The van der Waals surface area contributed by atoms with E-state index in [-0.39, 0.29) is 29.9 Å². The van der Waals surface area contributed by atoms with Gasteiger partial charge in [0.25, 0.3) is 0 Å². The average molecular weight is 486 g/mol. The lowest BCUT2D eigenvalue weighted by Gasteiger charge is -2.23. The molecule has 0 aliphatic carbocycles. The molecule has 0 radical (unpaired) electrons. The number of hydrogen-bond donors (Lipinski definition) is 2. The fourth-order valence-corrected chi connectivity index (χ4v) is 3.48. The van der Waals surface area contributed by atoms with Gasteiger partial charge in [-0.2, -0.15) is 0 Å². The van der Waals surface area contributed by atoms with E-state index in [1.165, 1.54) is 6.42 Å². The second-order valence-electron chi connectivity index (χ2n) is 7.79. The largest absolute Gasteiger partial charge is 0.492 e. The van der Waals surface area contributed by atoms with Crippen LogP contribution in [0.2, 0.25) is 0 Å². The fraction of sp³-hybridized carbons (Fsp3) is 0.600. The second-order valence-corrected chi connectivity index (χ2v) is 7.79. The molecule has 1 aromatic carbocycles. The summed E-state index contributed by atoms with van der Waals surface area (Å²) in [6, 6.07) is 5.84. The zero-order valence-electron chi connectivity index (χ0n) is 16.5. The first-order valence-corrected chi connectivity index (χ1v) is 9.56. The van der Waals surface area contributed by atoms with Crippen LogP contribution in [-0.4, -0.2) is 49.6 Å². The minimum absolute atomic E-state index is 0. The number of fused-ring (bicyclic) bond motifs is 1. The topological polar surface area (TPSA) is 66.0 Å². The third-order valence-electron chi connectivity index (χ3n) is 4.91. The lowest BCUT2D eigenvalue weighted by molar-refractivity contribution is -0.116. The first-order chi connectivity index (χ1) is 12.5. The van der Waals surface area contributed by atoms with Crippen LogP contribution < -0.4 is 15.4 Å². The van der Waals surface area contributed by atoms with Crippen molar-refractivity contribution < 1.29 is 9.53 Å². The van der Waals surface area contributed by atoms with Gasteiger partial charge in [-0.05, 0) is 48.9 Å². The van der Waals surface area contributed by atoms with Gasteiger partial charge in [-0.1, -0.05) is 13.8 Å². The van der Waals surface area contributed by atoms with Gasteiger partial charge in [0.1, 0.15) is 12.4 Å². The molecule has 2 N–H and O–H groups in total. The number of anilines is 1. The molecule has 0 atom stereocenters. The lowest BCUT2D eigenvalue weighted by Crippen LogP contribution is -2.41. The monoisotopic (exact) mass is 486 g/mol. The van der Waals surface area contributed by atoms with E-state index in [1.807, 2.05) is 18.2 Å². The summed E-state index contributed by atoms with van der Waals surface area (Å²) < 4.78 is 5.86. The summed E-state index contributed by atoms with van der Waals surface area (Å²) in [6.07, 6.45) is 2.50. The molecule has 6 nitrogen and oxygen atoms in total. The highest BCUT2D eigenvalue weighted by molar-refractivity contribution is 14.0. The van der Waals surface area contributed by atoms with Crippen molar-refractivity contribution >= 4 is 41.5 Å². The Balaban J connectivity index is 0.00000261. The smallest absolute Gasteiger partial charge is 0.224 e. The second kappa shape index (κ2) is 9.61. The molecule has 1 fully saturated rings. The molecule has 150 valence electrons. The van der Waals surface area contributed by atoms with E-state index in [4.69, 9.17) is 9.73 Å². The molecule has 0 spiro atoms. The van der Waals surface area contributed by atoms with Gasteiger partial charge in [0.05, 0.1) is 6.54 Å². The molecule has 1 saturated heterocycles. The average Bonchev–Trinajstić information content (AvgIpc) is 2.97. The predicted octanol–water partition coefficient (Wildman–Crippen LogP) is 3.27. The third kappa shape index (κ3) is 5.99. The highest BCUT2D eigenvalue weighted by Gasteiger charge is 2.30. The molecular formula is C20H31IN4O2. The Hall–Kier alpha value is -1.51. The molecule has 1 aromatic rings. The number of hydrogen-bond acceptors (Lipinski definition) is 3. The van der Waals surface area contributed by atoms with Crippen LogP contribution in [0.3, 0.4) is 0 Å². The van der Waals surface area contributed by atoms with Crippen molar-refractivity contribution in [3.63, 3.8) is 0 Å². The number of aryl methyl sites for hydroxylation is 1. The van der Waals surface area contributed by atoms with E-state index >= 15 is 0 Å². The number of halogens is 1. The SMILES string of the molecule is CCNC(=NCCOc1ccc2c(c1)CCC(=O)N2)N1CCC(C)(C)C1.I. The maximum absolute atomic E-state index is 11.4. The number of benzene rings is 1. The number of ether oxygens (including phenoxy) is 1. The van der Waals surface area contributed by atoms with Gasteiger partial charge in [0, 0.05) is 31.7 Å². The summed E-state index contributed by atoms with van der Waals surface area (Å²) in [5.74, 6) is 1.90. The van der Waals surface area contributed by atoms with Gasteiger partial charge in [-0.15, -0.1) is 24.0 Å². The first-order valence-electron chi connectivity index (χ1n) is 9.56. The van der Waals surface area contributed by atoms with Crippen molar-refractivity contribution in [1.29, 1.82) is 0 Å². The van der Waals surface area contributed by atoms with E-state index in [2.05, 4.69) is 36.3 Å². The molecule has 3 rings (SSSR count). The molecule has 0 unspecified atom stereocenters. The molecule has 7 heteroatoms. The van der Waals surface area contributed by atoms with Crippen LogP contribution in [-0.2, 0) is 11.2 Å². The van der Waals surface area contributed by atoms with Crippen LogP contribution in [0, 0.1) is 5.41 Å². The zero-order valence-corrected chi connectivity index (χ0v) is 18.8. The number of likely N-dealkylation sites (tertiary alicyclic amines) is 1. The van der Waals surface area contributed by atoms with Gasteiger partial charge in [-0.3, -0.25) is 4.79 Å². The summed E-state index contributed by atoms with van der Waals surface area (Å²) in [6.45, 7) is 10.8. The highest BCUT2D eigenvalue weighted by atomic mass is 127. The summed E-state index contributed by atoms with van der Waals surface area (Å²) >= 11 is 0. The molecule has 1 amide bonds. The lowest BCUT2D eigenvalue weighted by atomic mass is 9.93. The Bertz CT molecular complexity index is 691. The molecule has 0 aromatic heterocycles. The van der Waals surface area contributed by atoms with Crippen molar-refractivity contribution in [2.24, 2.45) is 10.4 Å².